The lowest BCUT2D eigenvalue weighted by Gasteiger charge is -2.35. The number of aryl methyl sites for hydroxylation is 2. The Morgan fingerprint density at radius 3 is 2.74 bits per heavy atom. The third kappa shape index (κ3) is 6.52. The van der Waals surface area contributed by atoms with Crippen LogP contribution in [-0.4, -0.2) is 65.3 Å². The van der Waals surface area contributed by atoms with Gasteiger partial charge in [0.25, 0.3) is 0 Å². The normalized spacial score (nSPS) is 18.5. The van der Waals surface area contributed by atoms with Gasteiger partial charge in [-0.1, -0.05) is 38.7 Å². The van der Waals surface area contributed by atoms with Crippen molar-refractivity contribution in [3.63, 3.8) is 0 Å². The van der Waals surface area contributed by atoms with Crippen molar-refractivity contribution >= 4 is 33.3 Å². The summed E-state index contributed by atoms with van der Waals surface area (Å²) in [6, 6.07) is 2.22. The fraction of sp³-hybridized carbons (Fsp3) is 0.480. The minimum atomic E-state index is 0.155. The van der Waals surface area contributed by atoms with Gasteiger partial charge in [-0.25, -0.2) is 9.97 Å². The van der Waals surface area contributed by atoms with Crippen molar-refractivity contribution in [2.45, 2.75) is 39.5 Å². The van der Waals surface area contributed by atoms with Gasteiger partial charge in [0.05, 0.1) is 24.2 Å². The summed E-state index contributed by atoms with van der Waals surface area (Å²) < 4.78 is 0. The molecule has 0 N–H and O–H groups in total. The molecular weight excluding hydrogens is 462 g/mol. The maximum absolute atomic E-state index is 12.8. The van der Waals surface area contributed by atoms with Crippen LogP contribution in [0.4, 0.5) is 5.82 Å². The van der Waals surface area contributed by atoms with E-state index in [4.69, 9.17) is 14.8 Å². The zero-order chi connectivity index (χ0) is 24.6. The van der Waals surface area contributed by atoms with Gasteiger partial charge >= 0.3 is 0 Å². The van der Waals surface area contributed by atoms with Gasteiger partial charge in [0.1, 0.15) is 16.5 Å². The van der Waals surface area contributed by atoms with Crippen molar-refractivity contribution in [3.05, 3.63) is 53.3 Å². The molecule has 2 aromatic heterocycles. The highest BCUT2D eigenvalue weighted by molar-refractivity contribution is 7.18. The van der Waals surface area contributed by atoms with Crippen molar-refractivity contribution in [3.8, 4) is 0 Å². The summed E-state index contributed by atoms with van der Waals surface area (Å²) in [6.45, 7) is 11.9. The summed E-state index contributed by atoms with van der Waals surface area (Å²) in [5.74, 6) is 2.04. The van der Waals surface area contributed by atoms with E-state index in [-0.39, 0.29) is 5.91 Å². The van der Waals surface area contributed by atoms with E-state index in [1.165, 1.54) is 10.0 Å². The number of rotatable bonds is 8. The predicted molar refractivity (Wildman–Crippen MR) is 139 cm³/mol. The summed E-state index contributed by atoms with van der Waals surface area (Å²) >= 11 is 1.75. The van der Waals surface area contributed by atoms with E-state index in [0.29, 0.717) is 44.8 Å². The number of hydrogen-bond acceptors (Lipinski definition) is 9. The number of aromatic nitrogens is 2. The standard InChI is InChI=1S/C25H33N7O2S/c1-4-20-18-21-24(26-22(5-2)27-25(21)35-20)31-15-13-30(14-16-31)23(33)11-9-17-34-32-12-8-6-7-10-19(3)28-29-32/h6-8,10,18H,3-5,9,11-17H2,1-2H3/b8-6-,10-7-,29-28?. The molecule has 0 unspecified atom stereocenters. The van der Waals surface area contributed by atoms with Crippen LogP contribution in [0.25, 0.3) is 10.2 Å². The molecule has 9 nitrogen and oxygen atoms in total. The van der Waals surface area contributed by atoms with Crippen molar-refractivity contribution < 1.29 is 9.63 Å². The first-order chi connectivity index (χ1) is 17.1. The maximum atomic E-state index is 12.8. The number of amides is 1. The van der Waals surface area contributed by atoms with Gasteiger partial charge < -0.3 is 9.80 Å². The number of nitrogens with zero attached hydrogens (tertiary/aromatic N) is 7. The van der Waals surface area contributed by atoms with Crippen LogP contribution in [0.15, 0.2) is 53.0 Å². The van der Waals surface area contributed by atoms with E-state index in [9.17, 15) is 4.79 Å². The zero-order valence-corrected chi connectivity index (χ0v) is 21.3. The van der Waals surface area contributed by atoms with E-state index in [0.717, 1.165) is 47.8 Å². The summed E-state index contributed by atoms with van der Waals surface area (Å²) in [4.78, 5) is 34.7. The molecule has 2 aliphatic heterocycles. The van der Waals surface area contributed by atoms with Crippen LogP contribution >= 0.6 is 11.3 Å². The van der Waals surface area contributed by atoms with E-state index >= 15 is 0 Å². The quantitative estimate of drug-likeness (QED) is 0.502. The molecular formula is C25H33N7O2S. The molecule has 35 heavy (non-hydrogen) atoms. The number of carbonyl (C=O) groups excluding carboxylic acids is 1. The highest BCUT2D eigenvalue weighted by Gasteiger charge is 2.24. The monoisotopic (exact) mass is 495 g/mol. The van der Waals surface area contributed by atoms with Gasteiger partial charge in [0, 0.05) is 43.9 Å². The molecule has 2 aromatic rings. The van der Waals surface area contributed by atoms with Crippen molar-refractivity contribution in [2.75, 3.05) is 44.2 Å². The molecule has 2 aliphatic rings. The van der Waals surface area contributed by atoms with Crippen LogP contribution < -0.4 is 4.90 Å². The minimum absolute atomic E-state index is 0.155. The summed E-state index contributed by atoms with van der Waals surface area (Å²) in [5, 5.41) is 10.6. The van der Waals surface area contributed by atoms with Crippen LogP contribution in [0.3, 0.4) is 0 Å². The number of piperazine rings is 1. The van der Waals surface area contributed by atoms with E-state index in [2.05, 4.69) is 41.7 Å². The van der Waals surface area contributed by atoms with Crippen LogP contribution in [0, 0.1) is 0 Å². The third-order valence-electron chi connectivity index (χ3n) is 5.91. The Labute approximate surface area is 210 Å². The second kappa shape index (κ2) is 12.0. The topological polar surface area (TPSA) is 86.5 Å². The number of fused-ring (bicyclic) bond motifs is 1. The van der Waals surface area contributed by atoms with E-state index in [1.54, 1.807) is 17.4 Å². The first kappa shape index (κ1) is 25.0. The summed E-state index contributed by atoms with van der Waals surface area (Å²) in [7, 11) is 0. The lowest BCUT2D eigenvalue weighted by molar-refractivity contribution is -0.159. The van der Waals surface area contributed by atoms with E-state index in [1.807, 2.05) is 23.1 Å². The Hall–Kier alpha value is -3.11. The molecule has 186 valence electrons. The van der Waals surface area contributed by atoms with Crippen LogP contribution in [-0.2, 0) is 22.5 Å². The molecule has 1 amide bonds. The van der Waals surface area contributed by atoms with Crippen molar-refractivity contribution in [1.82, 2.24) is 20.0 Å². The summed E-state index contributed by atoms with van der Waals surface area (Å²) in [6.07, 6.45) is 10.3. The lowest BCUT2D eigenvalue weighted by Crippen LogP contribution is -2.49. The smallest absolute Gasteiger partial charge is 0.222 e. The number of hydroxylamine groups is 1. The van der Waals surface area contributed by atoms with Gasteiger partial charge in [-0.15, -0.1) is 21.6 Å². The number of anilines is 1. The largest absolute Gasteiger partial charge is 0.352 e. The van der Waals surface area contributed by atoms with Gasteiger partial charge in [0.15, 0.2) is 0 Å². The van der Waals surface area contributed by atoms with Gasteiger partial charge in [0.2, 0.25) is 5.91 Å². The number of allylic oxidation sites excluding steroid dienone is 3. The molecule has 0 atom stereocenters. The molecule has 1 saturated heterocycles. The average Bonchev–Trinajstić information content (AvgIpc) is 3.34. The second-order valence-electron chi connectivity index (χ2n) is 8.41. The Morgan fingerprint density at radius 1 is 1.14 bits per heavy atom. The van der Waals surface area contributed by atoms with Crippen LogP contribution in [0.1, 0.15) is 37.4 Å². The highest BCUT2D eigenvalue weighted by Crippen LogP contribution is 2.32. The molecule has 0 saturated carbocycles. The fourth-order valence-corrected chi connectivity index (χ4v) is 4.92. The van der Waals surface area contributed by atoms with Crippen molar-refractivity contribution in [1.29, 1.82) is 0 Å². The molecule has 0 spiro atoms. The van der Waals surface area contributed by atoms with Crippen molar-refractivity contribution in [2.24, 2.45) is 10.3 Å². The predicted octanol–water partition coefficient (Wildman–Crippen LogP) is 4.49. The Morgan fingerprint density at radius 2 is 1.97 bits per heavy atom. The molecule has 1 fully saturated rings. The maximum Gasteiger partial charge on any atom is 0.222 e. The van der Waals surface area contributed by atoms with Crippen LogP contribution in [0.2, 0.25) is 0 Å². The summed E-state index contributed by atoms with van der Waals surface area (Å²) in [5.41, 5.74) is 0.554. The van der Waals surface area contributed by atoms with Gasteiger partial charge in [-0.3, -0.25) is 9.63 Å². The Bertz CT molecular complexity index is 1130. The van der Waals surface area contributed by atoms with Gasteiger partial charge in [-0.2, -0.15) is 0 Å². The third-order valence-corrected chi connectivity index (χ3v) is 7.09. The first-order valence-corrected chi connectivity index (χ1v) is 13.0. The highest BCUT2D eigenvalue weighted by atomic mass is 32.1. The number of hydrogen-bond donors (Lipinski definition) is 0. The lowest BCUT2D eigenvalue weighted by atomic mass is 10.2. The molecule has 0 radical (unpaired) electrons. The second-order valence-corrected chi connectivity index (χ2v) is 9.52. The Kier molecular flexibility index (Phi) is 8.59. The minimum Gasteiger partial charge on any atom is -0.352 e. The Balaban J connectivity index is 1.26. The molecule has 0 aromatic carbocycles. The van der Waals surface area contributed by atoms with Gasteiger partial charge in [-0.05, 0) is 30.2 Å². The van der Waals surface area contributed by atoms with E-state index < -0.39 is 0 Å². The zero-order valence-electron chi connectivity index (χ0n) is 20.5. The SMILES string of the molecule is C=C1/C=C\C=C/CN(OCCCC(=O)N2CCN(c3nc(CC)nc4sc(CC)cc34)CC2)N=N1. The molecule has 10 heteroatoms. The van der Waals surface area contributed by atoms with Crippen LogP contribution in [0.5, 0.6) is 0 Å². The average molecular weight is 496 g/mol. The first-order valence-electron chi connectivity index (χ1n) is 12.2. The molecule has 4 heterocycles. The molecule has 0 bridgehead atoms. The number of thiophene rings is 1. The molecule has 0 aliphatic carbocycles. The number of carbonyl (C=O) groups is 1. The fourth-order valence-electron chi connectivity index (χ4n) is 3.94. The molecule has 4 rings (SSSR count).